The molecule has 1 aliphatic carbocycles. The van der Waals surface area contributed by atoms with Gasteiger partial charge < -0.3 is 0 Å². The minimum absolute atomic E-state index is 0.127. The van der Waals surface area contributed by atoms with E-state index in [1.807, 2.05) is 0 Å². The molecular formula is C9H14BrN3O2S. The third kappa shape index (κ3) is 2.64. The Kier molecular flexibility index (Phi) is 3.37. The maximum Gasteiger partial charge on any atom is 0.257 e. The molecule has 1 aromatic heterocycles. The Hall–Kier alpha value is -0.400. The lowest BCUT2D eigenvalue weighted by Gasteiger charge is -2.13. The molecule has 0 bridgehead atoms. The summed E-state index contributed by atoms with van der Waals surface area (Å²) in [6.07, 6.45) is 4.65. The summed E-state index contributed by atoms with van der Waals surface area (Å²) in [5, 5.41) is 7.13. The average Bonchev–Trinajstić information content (AvgIpc) is 2.81. The number of H-pyrrole nitrogens is 1. The molecule has 2 rings (SSSR count). The van der Waals surface area contributed by atoms with Gasteiger partial charge in [0.1, 0.15) is 0 Å². The number of nitrogens with zero attached hydrogens (tertiary/aromatic N) is 1. The molecule has 1 heterocycles. The average molecular weight is 308 g/mol. The van der Waals surface area contributed by atoms with Gasteiger partial charge in [0, 0.05) is 11.9 Å². The van der Waals surface area contributed by atoms with Crippen LogP contribution >= 0.6 is 15.9 Å². The maximum absolute atomic E-state index is 11.8. The van der Waals surface area contributed by atoms with Crippen molar-refractivity contribution in [2.75, 3.05) is 11.9 Å². The van der Waals surface area contributed by atoms with Gasteiger partial charge in [-0.25, -0.2) is 13.1 Å². The molecule has 5 nitrogen and oxygen atoms in total. The summed E-state index contributed by atoms with van der Waals surface area (Å²) in [5.41, 5.74) is 0.177. The molecule has 0 amide bonds. The van der Waals surface area contributed by atoms with Gasteiger partial charge in [0.25, 0.3) is 10.0 Å². The summed E-state index contributed by atoms with van der Waals surface area (Å²) >= 11 is 3.39. The van der Waals surface area contributed by atoms with Gasteiger partial charge >= 0.3 is 0 Å². The fraction of sp³-hybridized carbons (Fsp3) is 0.667. The zero-order valence-corrected chi connectivity index (χ0v) is 11.1. The highest BCUT2D eigenvalue weighted by Crippen LogP contribution is 2.48. The molecule has 1 aliphatic rings. The Labute approximate surface area is 103 Å². The molecule has 0 atom stereocenters. The van der Waals surface area contributed by atoms with Crippen molar-refractivity contribution in [2.24, 2.45) is 5.41 Å². The van der Waals surface area contributed by atoms with Gasteiger partial charge in [0.2, 0.25) is 0 Å². The molecule has 0 radical (unpaired) electrons. The molecule has 7 heteroatoms. The molecule has 0 spiro atoms. The van der Waals surface area contributed by atoms with E-state index in [9.17, 15) is 8.42 Å². The fourth-order valence-electron chi connectivity index (χ4n) is 1.61. The molecule has 90 valence electrons. The number of hydrogen-bond donors (Lipinski definition) is 2. The van der Waals surface area contributed by atoms with Crippen LogP contribution in [0.25, 0.3) is 0 Å². The second-order valence-corrected chi connectivity index (χ2v) is 6.71. The summed E-state index contributed by atoms with van der Waals surface area (Å²) in [5.74, 6) is 0. The highest BCUT2D eigenvalue weighted by molar-refractivity contribution is 9.09. The van der Waals surface area contributed by atoms with Crippen molar-refractivity contribution < 1.29 is 8.42 Å². The monoisotopic (exact) mass is 307 g/mol. The molecule has 0 saturated heterocycles. The van der Waals surface area contributed by atoms with Crippen LogP contribution in [0.2, 0.25) is 0 Å². The Morgan fingerprint density at radius 1 is 1.56 bits per heavy atom. The van der Waals surface area contributed by atoms with Crippen molar-refractivity contribution in [2.45, 2.75) is 24.3 Å². The number of hydrogen-bond acceptors (Lipinski definition) is 3. The van der Waals surface area contributed by atoms with E-state index in [4.69, 9.17) is 0 Å². The number of halogens is 1. The van der Waals surface area contributed by atoms with Crippen molar-refractivity contribution in [3.8, 4) is 0 Å². The highest BCUT2D eigenvalue weighted by atomic mass is 79.9. The van der Waals surface area contributed by atoms with Crippen LogP contribution in [0.15, 0.2) is 17.3 Å². The predicted octanol–water partition coefficient (Wildman–Crippen LogP) is 1.25. The second kappa shape index (κ2) is 4.46. The van der Waals surface area contributed by atoms with Crippen LogP contribution in [0.1, 0.15) is 19.3 Å². The number of aromatic nitrogens is 2. The first-order valence-corrected chi connectivity index (χ1v) is 7.74. The van der Waals surface area contributed by atoms with Crippen molar-refractivity contribution in [3.63, 3.8) is 0 Å². The predicted molar refractivity (Wildman–Crippen MR) is 63.9 cm³/mol. The second-order valence-electron chi connectivity index (χ2n) is 4.18. The molecule has 1 saturated carbocycles. The number of sulfonamides is 1. The lowest BCUT2D eigenvalue weighted by atomic mass is 10.1. The fourth-order valence-corrected chi connectivity index (χ4v) is 3.52. The summed E-state index contributed by atoms with van der Waals surface area (Å²) in [6, 6.07) is 1.45. The molecule has 0 unspecified atom stereocenters. The zero-order chi connectivity index (χ0) is 11.6. The SMILES string of the molecule is O=S(=O)(NCC1(CCBr)CC1)c1ccn[nH]1. The third-order valence-electron chi connectivity index (χ3n) is 2.98. The highest BCUT2D eigenvalue weighted by Gasteiger charge is 2.42. The van der Waals surface area contributed by atoms with E-state index in [1.165, 1.54) is 12.3 Å². The van der Waals surface area contributed by atoms with Crippen molar-refractivity contribution in [1.29, 1.82) is 0 Å². The number of rotatable bonds is 6. The van der Waals surface area contributed by atoms with E-state index >= 15 is 0 Å². The minimum Gasteiger partial charge on any atom is -0.266 e. The quantitative estimate of drug-likeness (QED) is 0.777. The van der Waals surface area contributed by atoms with Crippen molar-refractivity contribution in [1.82, 2.24) is 14.9 Å². The van der Waals surface area contributed by atoms with Crippen LogP contribution in [-0.2, 0) is 10.0 Å². The normalized spacial score (nSPS) is 18.6. The first kappa shape index (κ1) is 12.1. The Morgan fingerprint density at radius 3 is 2.81 bits per heavy atom. The lowest BCUT2D eigenvalue weighted by molar-refractivity contribution is 0.479. The lowest BCUT2D eigenvalue weighted by Crippen LogP contribution is -2.30. The van der Waals surface area contributed by atoms with Gasteiger partial charge in [-0.15, -0.1) is 0 Å². The molecular weight excluding hydrogens is 294 g/mol. The standard InChI is InChI=1S/C9H14BrN3O2S/c10-5-4-9(2-3-9)7-12-16(14,15)8-1-6-11-13-8/h1,6,12H,2-5,7H2,(H,11,13). The van der Waals surface area contributed by atoms with Crippen LogP contribution in [-0.4, -0.2) is 30.5 Å². The van der Waals surface area contributed by atoms with Gasteiger partial charge in [-0.2, -0.15) is 5.10 Å². The van der Waals surface area contributed by atoms with Gasteiger partial charge in [-0.05, 0) is 30.7 Å². The summed E-state index contributed by atoms with van der Waals surface area (Å²) in [4.78, 5) is 0. The minimum atomic E-state index is -3.41. The van der Waals surface area contributed by atoms with Crippen LogP contribution in [0, 0.1) is 5.41 Å². The summed E-state index contributed by atoms with van der Waals surface area (Å²) in [7, 11) is -3.41. The Balaban J connectivity index is 1.96. The molecule has 1 aromatic rings. The van der Waals surface area contributed by atoms with E-state index < -0.39 is 10.0 Å². The van der Waals surface area contributed by atoms with Crippen molar-refractivity contribution in [3.05, 3.63) is 12.3 Å². The maximum atomic E-state index is 11.8. The summed E-state index contributed by atoms with van der Waals surface area (Å²) in [6.45, 7) is 0.514. The Bertz CT molecular complexity index is 439. The zero-order valence-electron chi connectivity index (χ0n) is 8.74. The van der Waals surface area contributed by atoms with Gasteiger partial charge in [-0.1, -0.05) is 15.9 Å². The first-order valence-electron chi connectivity index (χ1n) is 5.13. The molecule has 16 heavy (non-hydrogen) atoms. The molecule has 0 aromatic carbocycles. The van der Waals surface area contributed by atoms with Crippen LogP contribution in [0.4, 0.5) is 0 Å². The largest absolute Gasteiger partial charge is 0.266 e. The number of aromatic amines is 1. The van der Waals surface area contributed by atoms with Crippen LogP contribution < -0.4 is 4.72 Å². The van der Waals surface area contributed by atoms with Crippen molar-refractivity contribution >= 4 is 26.0 Å². The van der Waals surface area contributed by atoms with E-state index in [0.717, 1.165) is 24.6 Å². The molecule has 1 fully saturated rings. The van der Waals surface area contributed by atoms with E-state index in [-0.39, 0.29) is 10.4 Å². The van der Waals surface area contributed by atoms with Gasteiger partial charge in [-0.3, -0.25) is 5.10 Å². The van der Waals surface area contributed by atoms with E-state index in [2.05, 4.69) is 30.8 Å². The molecule has 0 aliphatic heterocycles. The van der Waals surface area contributed by atoms with E-state index in [1.54, 1.807) is 0 Å². The number of alkyl halides is 1. The molecule has 2 N–H and O–H groups in total. The van der Waals surface area contributed by atoms with Crippen LogP contribution in [0.5, 0.6) is 0 Å². The Morgan fingerprint density at radius 2 is 2.31 bits per heavy atom. The number of nitrogens with one attached hydrogen (secondary N) is 2. The van der Waals surface area contributed by atoms with Gasteiger partial charge in [0.15, 0.2) is 5.03 Å². The third-order valence-corrected chi connectivity index (χ3v) is 4.71. The smallest absolute Gasteiger partial charge is 0.257 e. The topological polar surface area (TPSA) is 74.8 Å². The summed E-state index contributed by atoms with van der Waals surface area (Å²) < 4.78 is 26.2. The van der Waals surface area contributed by atoms with Gasteiger partial charge in [0.05, 0.1) is 6.20 Å². The first-order chi connectivity index (χ1) is 7.58. The van der Waals surface area contributed by atoms with Crippen LogP contribution in [0.3, 0.4) is 0 Å². The van der Waals surface area contributed by atoms with E-state index in [0.29, 0.717) is 6.54 Å².